The van der Waals surface area contributed by atoms with Gasteiger partial charge in [-0.25, -0.2) is 0 Å². The molecule has 8 rings (SSSR count). The molecular weight excluding hydrogens is 716 g/mol. The fraction of sp³-hybridized carbons (Fsp3) is 0. The molecule has 0 aliphatic heterocycles. The summed E-state index contributed by atoms with van der Waals surface area (Å²) in [5.41, 5.74) is -1.35. The van der Waals surface area contributed by atoms with Gasteiger partial charge in [-0.3, -0.25) is 0 Å². The van der Waals surface area contributed by atoms with Crippen molar-refractivity contribution in [3.8, 4) is 114 Å². The van der Waals surface area contributed by atoms with E-state index in [9.17, 15) is 81.7 Å². The first-order valence-electron chi connectivity index (χ1n) is 15.3. The number of benzene rings is 6. The molecule has 0 fully saturated rings. The van der Waals surface area contributed by atoms with E-state index in [1.54, 1.807) is 12.1 Å². The summed E-state index contributed by atoms with van der Waals surface area (Å²) in [6, 6.07) is 11.7. The van der Waals surface area contributed by atoms with E-state index in [0.29, 0.717) is 11.1 Å². The topological polar surface area (TPSA) is 334 Å². The van der Waals surface area contributed by atoms with E-state index in [-0.39, 0.29) is 11.4 Å². The molecule has 0 bridgehead atoms. The van der Waals surface area contributed by atoms with Crippen LogP contribution < -0.4 is 0 Å². The van der Waals surface area contributed by atoms with Gasteiger partial charge in [0.15, 0.2) is 46.0 Å². The third-order valence-corrected chi connectivity index (χ3v) is 9.42. The summed E-state index contributed by atoms with van der Waals surface area (Å²) in [4.78, 5) is 0. The molecule has 0 unspecified atom stereocenters. The Hall–Kier alpha value is -8.28. The fourth-order valence-electron chi connectivity index (χ4n) is 6.95. The van der Waals surface area contributed by atoms with Gasteiger partial charge in [0.1, 0.15) is 22.1 Å². The predicted octanol–water partition coefficient (Wildman–Crippen LogP) is 4.84. The van der Waals surface area contributed by atoms with Gasteiger partial charge in [0.05, 0.1) is 21.5 Å². The summed E-state index contributed by atoms with van der Waals surface area (Å²) in [6.07, 6.45) is 0. The highest BCUT2D eigenvalue weighted by Crippen LogP contribution is 2.60. The van der Waals surface area contributed by atoms with E-state index in [1.165, 1.54) is 36.4 Å². The first kappa shape index (κ1) is 32.9. The van der Waals surface area contributed by atoms with Crippen molar-refractivity contribution in [1.82, 2.24) is 9.13 Å². The maximum atomic E-state index is 11.0. The van der Waals surface area contributed by atoms with E-state index in [1.807, 2.05) is 0 Å². The van der Waals surface area contributed by atoms with Crippen LogP contribution in [0.2, 0.25) is 0 Å². The number of hydrogen-bond acceptors (Lipinski definition) is 16. The lowest BCUT2D eigenvalue weighted by molar-refractivity contribution is 0.350. The number of phenolic OH excluding ortho intramolecular Hbond substituents is 16. The lowest BCUT2D eigenvalue weighted by atomic mass is 10.0. The standard InChI is InChI=1S/C36H24N2O16/c39-21-13-14-18(26(44)34(52)30(48)22(14)40)37(17(13)25(43)33(51)29(21)47)11-5-1-3-9(7-11)10-4-2-6-12(8-10)38-19-15(23(41)31(49)35(53)27(19)45)16-20(38)28(46)36(54)32(50)24(16)42/h1-8,39-54H. The van der Waals surface area contributed by atoms with Crippen molar-refractivity contribution < 1.29 is 81.7 Å². The van der Waals surface area contributed by atoms with Gasteiger partial charge in [-0.1, -0.05) is 24.3 Å². The molecule has 274 valence electrons. The van der Waals surface area contributed by atoms with Crippen LogP contribution in [0, 0.1) is 0 Å². The van der Waals surface area contributed by atoms with Crippen molar-refractivity contribution in [2.75, 3.05) is 0 Å². The summed E-state index contributed by atoms with van der Waals surface area (Å²) < 4.78 is 2.00. The molecule has 54 heavy (non-hydrogen) atoms. The Bertz CT molecular complexity index is 2660. The van der Waals surface area contributed by atoms with Crippen LogP contribution in [0.4, 0.5) is 0 Å². The van der Waals surface area contributed by atoms with E-state index in [0.717, 1.165) is 9.13 Å². The number of phenols is 16. The maximum Gasteiger partial charge on any atom is 0.206 e. The number of fused-ring (bicyclic) bond motifs is 6. The lowest BCUT2D eigenvalue weighted by Gasteiger charge is -2.15. The second-order valence-corrected chi connectivity index (χ2v) is 12.2. The van der Waals surface area contributed by atoms with E-state index in [2.05, 4.69) is 0 Å². The van der Waals surface area contributed by atoms with Crippen molar-refractivity contribution >= 4 is 43.6 Å². The second-order valence-electron chi connectivity index (χ2n) is 12.2. The molecule has 0 saturated heterocycles. The zero-order chi connectivity index (χ0) is 39.0. The van der Waals surface area contributed by atoms with Crippen LogP contribution in [-0.2, 0) is 0 Å². The third-order valence-electron chi connectivity index (χ3n) is 9.42. The molecule has 2 aromatic heterocycles. The second kappa shape index (κ2) is 10.6. The third kappa shape index (κ3) is 3.86. The lowest BCUT2D eigenvalue weighted by Crippen LogP contribution is -1.97. The average molecular weight is 741 g/mol. The van der Waals surface area contributed by atoms with Crippen LogP contribution in [-0.4, -0.2) is 90.8 Å². The smallest absolute Gasteiger partial charge is 0.206 e. The number of aromatic nitrogens is 2. The zero-order valence-corrected chi connectivity index (χ0v) is 26.7. The van der Waals surface area contributed by atoms with Crippen LogP contribution in [0.15, 0.2) is 48.5 Å². The molecule has 8 aromatic rings. The largest absolute Gasteiger partial charge is 0.504 e. The zero-order valence-electron chi connectivity index (χ0n) is 26.7. The van der Waals surface area contributed by atoms with Gasteiger partial charge in [0.2, 0.25) is 46.0 Å². The Morgan fingerprint density at radius 2 is 0.481 bits per heavy atom. The number of aromatic hydroxyl groups is 16. The van der Waals surface area contributed by atoms with Gasteiger partial charge in [0, 0.05) is 11.4 Å². The van der Waals surface area contributed by atoms with Gasteiger partial charge in [-0.05, 0) is 35.4 Å². The van der Waals surface area contributed by atoms with Crippen molar-refractivity contribution in [3.63, 3.8) is 0 Å². The first-order valence-corrected chi connectivity index (χ1v) is 15.3. The highest BCUT2D eigenvalue weighted by Gasteiger charge is 2.34. The van der Waals surface area contributed by atoms with Gasteiger partial charge in [-0.2, -0.15) is 0 Å². The molecule has 0 aliphatic rings. The predicted molar refractivity (Wildman–Crippen MR) is 187 cm³/mol. The van der Waals surface area contributed by atoms with Crippen molar-refractivity contribution in [2.45, 2.75) is 0 Å². The molecular formula is C36H24N2O16. The Kier molecular flexibility index (Phi) is 6.47. The van der Waals surface area contributed by atoms with E-state index in [4.69, 9.17) is 0 Å². The van der Waals surface area contributed by atoms with Crippen LogP contribution in [0.5, 0.6) is 92.0 Å². The summed E-state index contributed by atoms with van der Waals surface area (Å²) in [5.74, 6) is -18.0. The quantitative estimate of drug-likeness (QED) is 0.0851. The molecule has 18 heteroatoms. The summed E-state index contributed by atoms with van der Waals surface area (Å²) in [7, 11) is 0. The van der Waals surface area contributed by atoms with Crippen LogP contribution in [0.25, 0.3) is 66.1 Å². The monoisotopic (exact) mass is 740 g/mol. The summed E-state index contributed by atoms with van der Waals surface area (Å²) >= 11 is 0. The minimum absolute atomic E-state index is 0.0141. The minimum atomic E-state index is -1.20. The average Bonchev–Trinajstić information content (AvgIpc) is 3.73. The SMILES string of the molecule is Oc1c(O)c(O)c2c(c1O)c1c(O)c(O)c(O)c(O)c1n2-c1cccc(-c2cccc(-n3c4c(O)c(O)c(O)c(O)c4c4c(O)c(O)c(O)c(O)c43)c2)c1. The minimum Gasteiger partial charge on any atom is -0.504 e. The van der Waals surface area contributed by atoms with Gasteiger partial charge >= 0.3 is 0 Å². The van der Waals surface area contributed by atoms with Crippen LogP contribution >= 0.6 is 0 Å². The molecule has 2 heterocycles. The molecule has 0 saturated carbocycles. The van der Waals surface area contributed by atoms with Crippen molar-refractivity contribution in [2.24, 2.45) is 0 Å². The molecule has 0 amide bonds. The molecule has 0 spiro atoms. The van der Waals surface area contributed by atoms with Crippen LogP contribution in [0.3, 0.4) is 0 Å². The summed E-state index contributed by atoms with van der Waals surface area (Å²) in [5, 5.41) is 168. The van der Waals surface area contributed by atoms with Crippen molar-refractivity contribution in [3.05, 3.63) is 48.5 Å². The van der Waals surface area contributed by atoms with E-state index < -0.39 is 136 Å². The Balaban J connectivity index is 1.44. The Morgan fingerprint density at radius 3 is 0.722 bits per heavy atom. The fourth-order valence-corrected chi connectivity index (χ4v) is 6.95. The van der Waals surface area contributed by atoms with Gasteiger partial charge in [0.25, 0.3) is 0 Å². The molecule has 18 nitrogen and oxygen atoms in total. The number of nitrogens with zero attached hydrogens (tertiary/aromatic N) is 2. The van der Waals surface area contributed by atoms with Gasteiger partial charge < -0.3 is 90.8 Å². The van der Waals surface area contributed by atoms with Crippen molar-refractivity contribution in [1.29, 1.82) is 0 Å². The number of rotatable bonds is 3. The molecule has 16 N–H and O–H groups in total. The van der Waals surface area contributed by atoms with Gasteiger partial charge in [-0.15, -0.1) is 0 Å². The van der Waals surface area contributed by atoms with E-state index >= 15 is 0 Å². The highest BCUT2D eigenvalue weighted by molar-refractivity contribution is 6.22. The number of hydrogen-bond donors (Lipinski definition) is 16. The van der Waals surface area contributed by atoms with Crippen LogP contribution in [0.1, 0.15) is 0 Å². The summed E-state index contributed by atoms with van der Waals surface area (Å²) in [6.45, 7) is 0. The Labute approximate surface area is 297 Å². The highest BCUT2D eigenvalue weighted by atomic mass is 16.4. The maximum absolute atomic E-state index is 11.0. The molecule has 0 radical (unpaired) electrons. The molecule has 0 atom stereocenters. The molecule has 0 aliphatic carbocycles. The first-order chi connectivity index (χ1) is 25.5. The Morgan fingerprint density at radius 1 is 0.259 bits per heavy atom. The normalized spacial score (nSPS) is 11.8. The molecule has 6 aromatic carbocycles.